The van der Waals surface area contributed by atoms with E-state index in [2.05, 4.69) is 52.8 Å². The first kappa shape index (κ1) is 16.2. The standard InChI is InChI=1S/C19H29NO/c1-14-10-9-11-15(2)16(14)20-17(18(3,4)5)19(21)12-7-6-8-13-19/h9-11,21H,6-8,12-13H2,1-5H3. The van der Waals surface area contributed by atoms with Crippen LogP contribution in [0.4, 0.5) is 5.69 Å². The molecule has 0 saturated heterocycles. The van der Waals surface area contributed by atoms with Crippen LogP contribution in [-0.4, -0.2) is 16.4 Å². The van der Waals surface area contributed by atoms with Crippen molar-refractivity contribution in [1.82, 2.24) is 0 Å². The van der Waals surface area contributed by atoms with Gasteiger partial charge in [-0.15, -0.1) is 0 Å². The normalized spacial score (nSPS) is 19.6. The molecule has 1 fully saturated rings. The van der Waals surface area contributed by atoms with Gasteiger partial charge in [0.1, 0.15) is 5.60 Å². The van der Waals surface area contributed by atoms with Crippen LogP contribution in [0.25, 0.3) is 0 Å². The molecule has 21 heavy (non-hydrogen) atoms. The molecule has 2 nitrogen and oxygen atoms in total. The fourth-order valence-electron chi connectivity index (χ4n) is 3.44. The van der Waals surface area contributed by atoms with Gasteiger partial charge in [-0.05, 0) is 37.8 Å². The number of para-hydroxylation sites is 1. The Bertz CT molecular complexity index is 511. The van der Waals surface area contributed by atoms with E-state index < -0.39 is 5.60 Å². The summed E-state index contributed by atoms with van der Waals surface area (Å²) in [5, 5.41) is 11.2. The molecule has 0 atom stereocenters. The predicted molar refractivity (Wildman–Crippen MR) is 90.5 cm³/mol. The van der Waals surface area contributed by atoms with Gasteiger partial charge in [0.25, 0.3) is 0 Å². The van der Waals surface area contributed by atoms with Crippen molar-refractivity contribution < 1.29 is 5.11 Å². The van der Waals surface area contributed by atoms with Gasteiger partial charge in [-0.25, -0.2) is 0 Å². The van der Waals surface area contributed by atoms with Crippen LogP contribution in [0.5, 0.6) is 0 Å². The van der Waals surface area contributed by atoms with E-state index in [0.717, 1.165) is 37.1 Å². The van der Waals surface area contributed by atoms with Crippen molar-refractivity contribution in [2.45, 2.75) is 72.3 Å². The predicted octanol–water partition coefficient (Wildman–Crippen LogP) is 5.12. The Kier molecular flexibility index (Phi) is 4.57. The van der Waals surface area contributed by atoms with E-state index in [1.54, 1.807) is 0 Å². The second-order valence-corrected chi connectivity index (χ2v) is 7.54. The molecule has 1 aliphatic carbocycles. The molecular formula is C19H29NO. The number of nitrogens with zero attached hydrogens (tertiary/aromatic N) is 1. The maximum Gasteiger partial charge on any atom is 0.103 e. The van der Waals surface area contributed by atoms with Crippen molar-refractivity contribution in [3.8, 4) is 0 Å². The van der Waals surface area contributed by atoms with E-state index in [4.69, 9.17) is 4.99 Å². The SMILES string of the molecule is Cc1cccc(C)c1N=C(C(C)(C)C)C1(O)CCCCC1. The summed E-state index contributed by atoms with van der Waals surface area (Å²) in [4.78, 5) is 4.99. The summed E-state index contributed by atoms with van der Waals surface area (Å²) in [6, 6.07) is 6.25. The fourth-order valence-corrected chi connectivity index (χ4v) is 3.44. The smallest absolute Gasteiger partial charge is 0.103 e. The van der Waals surface area contributed by atoms with Gasteiger partial charge < -0.3 is 5.11 Å². The Morgan fingerprint density at radius 3 is 2.05 bits per heavy atom. The molecule has 0 radical (unpaired) electrons. The Balaban J connectivity index is 2.53. The summed E-state index contributed by atoms with van der Waals surface area (Å²) in [6.45, 7) is 10.7. The number of aryl methyl sites for hydroxylation is 2. The Labute approximate surface area is 129 Å². The average molecular weight is 287 g/mol. The van der Waals surface area contributed by atoms with Crippen LogP contribution in [-0.2, 0) is 0 Å². The third-order valence-electron chi connectivity index (χ3n) is 4.50. The van der Waals surface area contributed by atoms with E-state index in [1.165, 1.54) is 17.5 Å². The number of hydrogen-bond acceptors (Lipinski definition) is 2. The quantitative estimate of drug-likeness (QED) is 0.753. The molecule has 0 aromatic heterocycles. The van der Waals surface area contributed by atoms with Gasteiger partial charge in [-0.3, -0.25) is 4.99 Å². The highest BCUT2D eigenvalue weighted by atomic mass is 16.3. The Morgan fingerprint density at radius 1 is 1.05 bits per heavy atom. The van der Waals surface area contributed by atoms with Crippen LogP contribution in [0, 0.1) is 19.3 Å². The van der Waals surface area contributed by atoms with Gasteiger partial charge >= 0.3 is 0 Å². The summed E-state index contributed by atoms with van der Waals surface area (Å²) >= 11 is 0. The average Bonchev–Trinajstić information content (AvgIpc) is 2.37. The Morgan fingerprint density at radius 2 is 1.57 bits per heavy atom. The van der Waals surface area contributed by atoms with E-state index in [9.17, 15) is 5.11 Å². The van der Waals surface area contributed by atoms with Gasteiger partial charge in [0.15, 0.2) is 0 Å². The molecule has 0 spiro atoms. The third kappa shape index (κ3) is 3.55. The molecule has 116 valence electrons. The van der Waals surface area contributed by atoms with Crippen molar-refractivity contribution >= 4 is 11.4 Å². The number of rotatable bonds is 2. The topological polar surface area (TPSA) is 32.6 Å². The summed E-state index contributed by atoms with van der Waals surface area (Å²) in [7, 11) is 0. The highest BCUT2D eigenvalue weighted by Gasteiger charge is 2.40. The van der Waals surface area contributed by atoms with Crippen molar-refractivity contribution in [1.29, 1.82) is 0 Å². The lowest BCUT2D eigenvalue weighted by atomic mass is 9.72. The van der Waals surface area contributed by atoms with Crippen LogP contribution in [0.3, 0.4) is 0 Å². The van der Waals surface area contributed by atoms with Gasteiger partial charge in [0, 0.05) is 5.41 Å². The lowest BCUT2D eigenvalue weighted by molar-refractivity contribution is 0.0629. The van der Waals surface area contributed by atoms with Crippen molar-refractivity contribution in [2.75, 3.05) is 0 Å². The summed E-state index contributed by atoms with van der Waals surface area (Å²) in [6.07, 6.45) is 5.10. The van der Waals surface area contributed by atoms with Crippen LogP contribution >= 0.6 is 0 Å². The van der Waals surface area contributed by atoms with Crippen LogP contribution in [0.15, 0.2) is 23.2 Å². The Hall–Kier alpha value is -1.15. The lowest BCUT2D eigenvalue weighted by Crippen LogP contribution is -2.46. The van der Waals surface area contributed by atoms with Gasteiger partial charge in [0.05, 0.1) is 11.4 Å². The molecule has 0 bridgehead atoms. The molecule has 1 aliphatic rings. The highest BCUT2D eigenvalue weighted by Crippen LogP contribution is 2.38. The lowest BCUT2D eigenvalue weighted by Gasteiger charge is -2.39. The molecule has 2 rings (SSSR count). The van der Waals surface area contributed by atoms with Crippen LogP contribution in [0.2, 0.25) is 0 Å². The van der Waals surface area contributed by atoms with E-state index in [1.807, 2.05) is 0 Å². The molecule has 1 saturated carbocycles. The first-order valence-corrected chi connectivity index (χ1v) is 8.12. The molecule has 1 aromatic rings. The molecule has 0 unspecified atom stereocenters. The van der Waals surface area contributed by atoms with Crippen molar-refractivity contribution in [2.24, 2.45) is 10.4 Å². The molecule has 0 heterocycles. The molecule has 1 N–H and O–H groups in total. The second-order valence-electron chi connectivity index (χ2n) is 7.54. The molecule has 2 heteroatoms. The first-order chi connectivity index (χ1) is 9.74. The summed E-state index contributed by atoms with van der Waals surface area (Å²) in [5.74, 6) is 0. The maximum absolute atomic E-state index is 11.2. The molecule has 1 aromatic carbocycles. The monoisotopic (exact) mass is 287 g/mol. The number of aliphatic hydroxyl groups is 1. The minimum atomic E-state index is -0.731. The number of aliphatic imine (C=N–C) groups is 1. The van der Waals surface area contributed by atoms with E-state index >= 15 is 0 Å². The van der Waals surface area contributed by atoms with Crippen molar-refractivity contribution in [3.63, 3.8) is 0 Å². The fraction of sp³-hybridized carbons (Fsp3) is 0.632. The van der Waals surface area contributed by atoms with Gasteiger partial charge in [-0.1, -0.05) is 58.2 Å². The molecular weight excluding hydrogens is 258 g/mol. The largest absolute Gasteiger partial charge is 0.384 e. The second kappa shape index (κ2) is 5.92. The van der Waals surface area contributed by atoms with Crippen LogP contribution in [0.1, 0.15) is 64.0 Å². The minimum absolute atomic E-state index is 0.124. The van der Waals surface area contributed by atoms with Gasteiger partial charge in [0.2, 0.25) is 0 Å². The number of benzene rings is 1. The highest BCUT2D eigenvalue weighted by molar-refractivity contribution is 5.98. The summed E-state index contributed by atoms with van der Waals surface area (Å²) in [5.41, 5.74) is 3.48. The zero-order valence-corrected chi connectivity index (χ0v) is 14.2. The van der Waals surface area contributed by atoms with Crippen molar-refractivity contribution in [3.05, 3.63) is 29.3 Å². The van der Waals surface area contributed by atoms with E-state index in [-0.39, 0.29) is 5.41 Å². The first-order valence-electron chi connectivity index (χ1n) is 8.12. The molecule has 0 aliphatic heterocycles. The zero-order chi connectivity index (χ0) is 15.7. The zero-order valence-electron chi connectivity index (χ0n) is 14.2. The third-order valence-corrected chi connectivity index (χ3v) is 4.50. The number of hydrogen-bond donors (Lipinski definition) is 1. The maximum atomic E-state index is 11.2. The van der Waals surface area contributed by atoms with Gasteiger partial charge in [-0.2, -0.15) is 0 Å². The molecule has 0 amide bonds. The van der Waals surface area contributed by atoms with Crippen LogP contribution < -0.4 is 0 Å². The van der Waals surface area contributed by atoms with E-state index in [0.29, 0.717) is 0 Å². The minimum Gasteiger partial charge on any atom is -0.384 e. The summed E-state index contributed by atoms with van der Waals surface area (Å²) < 4.78 is 0.